The van der Waals surface area contributed by atoms with Gasteiger partial charge >= 0.3 is 0 Å². The summed E-state index contributed by atoms with van der Waals surface area (Å²) in [7, 11) is 0. The van der Waals surface area contributed by atoms with E-state index in [2.05, 4.69) is 6.07 Å². The molecule has 0 aromatic heterocycles. The predicted molar refractivity (Wildman–Crippen MR) is 67.3 cm³/mol. The maximum atomic E-state index is 9.13. The van der Waals surface area contributed by atoms with Crippen LogP contribution < -0.4 is 0 Å². The van der Waals surface area contributed by atoms with Crippen LogP contribution in [0.25, 0.3) is 11.1 Å². The number of nitriles is 1. The van der Waals surface area contributed by atoms with Gasteiger partial charge in [0.15, 0.2) is 0 Å². The molecule has 0 bridgehead atoms. The molecule has 2 heteroatoms. The van der Waals surface area contributed by atoms with E-state index < -0.39 is 0 Å². The molecule has 0 atom stereocenters. The van der Waals surface area contributed by atoms with E-state index in [0.717, 1.165) is 16.7 Å². The monoisotopic (exact) mass is 223 g/mol. The van der Waals surface area contributed by atoms with Gasteiger partial charge in [-0.1, -0.05) is 35.9 Å². The summed E-state index contributed by atoms with van der Waals surface area (Å²) < 4.78 is 0. The second-order valence-electron chi connectivity index (χ2n) is 4.02. The van der Waals surface area contributed by atoms with Crippen LogP contribution in [-0.4, -0.2) is 5.11 Å². The zero-order chi connectivity index (χ0) is 12.3. The Balaban J connectivity index is 2.56. The van der Waals surface area contributed by atoms with Crippen LogP contribution in [0.4, 0.5) is 0 Å². The van der Waals surface area contributed by atoms with Crippen LogP contribution in [0.15, 0.2) is 42.5 Å². The van der Waals surface area contributed by atoms with E-state index in [1.54, 1.807) is 12.1 Å². The third kappa shape index (κ3) is 2.35. The first kappa shape index (κ1) is 11.4. The number of aliphatic hydroxyl groups is 1. The molecule has 0 radical (unpaired) electrons. The SMILES string of the molecule is Cc1ccc(-c2cc(CO)ccc2C#N)cc1. The van der Waals surface area contributed by atoms with Crippen molar-refractivity contribution in [1.82, 2.24) is 0 Å². The Labute approximate surface area is 101 Å². The second-order valence-corrected chi connectivity index (χ2v) is 4.02. The number of aryl methyl sites for hydroxylation is 1. The van der Waals surface area contributed by atoms with Gasteiger partial charge < -0.3 is 5.11 Å². The van der Waals surface area contributed by atoms with E-state index in [-0.39, 0.29) is 6.61 Å². The molecule has 2 aromatic carbocycles. The van der Waals surface area contributed by atoms with E-state index in [1.807, 2.05) is 37.3 Å². The fourth-order valence-corrected chi connectivity index (χ4v) is 1.76. The Morgan fingerprint density at radius 3 is 2.41 bits per heavy atom. The summed E-state index contributed by atoms with van der Waals surface area (Å²) in [6, 6.07) is 15.6. The van der Waals surface area contributed by atoms with Gasteiger partial charge in [-0.05, 0) is 35.7 Å². The minimum absolute atomic E-state index is 0.00936. The third-order valence-electron chi connectivity index (χ3n) is 2.75. The summed E-state index contributed by atoms with van der Waals surface area (Å²) in [6.45, 7) is 2.02. The fraction of sp³-hybridized carbons (Fsp3) is 0.133. The third-order valence-corrected chi connectivity index (χ3v) is 2.75. The largest absolute Gasteiger partial charge is 0.392 e. The molecule has 0 fully saturated rings. The lowest BCUT2D eigenvalue weighted by Crippen LogP contribution is -1.89. The summed E-state index contributed by atoms with van der Waals surface area (Å²) in [5, 5.41) is 18.2. The Bertz CT molecular complexity index is 564. The molecule has 0 aliphatic carbocycles. The molecular weight excluding hydrogens is 210 g/mol. The highest BCUT2D eigenvalue weighted by atomic mass is 16.3. The molecule has 0 aliphatic rings. The summed E-state index contributed by atoms with van der Waals surface area (Å²) in [6.07, 6.45) is 0. The van der Waals surface area contributed by atoms with Crippen molar-refractivity contribution in [3.05, 3.63) is 59.2 Å². The van der Waals surface area contributed by atoms with Gasteiger partial charge in [0.1, 0.15) is 0 Å². The van der Waals surface area contributed by atoms with Crippen LogP contribution in [-0.2, 0) is 6.61 Å². The standard InChI is InChI=1S/C15H13NO/c1-11-2-5-13(6-3-11)15-8-12(10-17)4-7-14(15)9-16/h2-8,17H,10H2,1H3. The summed E-state index contributed by atoms with van der Waals surface area (Å²) >= 11 is 0. The number of benzene rings is 2. The van der Waals surface area contributed by atoms with Crippen LogP contribution in [0.3, 0.4) is 0 Å². The smallest absolute Gasteiger partial charge is 0.0998 e. The van der Waals surface area contributed by atoms with Gasteiger partial charge in [-0.25, -0.2) is 0 Å². The van der Waals surface area contributed by atoms with Crippen LogP contribution in [0.1, 0.15) is 16.7 Å². The van der Waals surface area contributed by atoms with Crippen molar-refractivity contribution in [2.75, 3.05) is 0 Å². The van der Waals surface area contributed by atoms with E-state index in [4.69, 9.17) is 10.4 Å². The van der Waals surface area contributed by atoms with Crippen LogP contribution in [0.5, 0.6) is 0 Å². The maximum absolute atomic E-state index is 9.13. The van der Waals surface area contributed by atoms with E-state index >= 15 is 0 Å². The molecule has 0 unspecified atom stereocenters. The number of aliphatic hydroxyl groups excluding tert-OH is 1. The molecule has 0 spiro atoms. The van der Waals surface area contributed by atoms with Gasteiger partial charge in [0.05, 0.1) is 18.2 Å². The first-order chi connectivity index (χ1) is 8.24. The molecule has 0 aliphatic heterocycles. The Morgan fingerprint density at radius 1 is 1.12 bits per heavy atom. The maximum Gasteiger partial charge on any atom is 0.0998 e. The molecule has 0 saturated heterocycles. The van der Waals surface area contributed by atoms with Crippen LogP contribution in [0, 0.1) is 18.3 Å². The van der Waals surface area contributed by atoms with Gasteiger partial charge in [-0.2, -0.15) is 5.26 Å². The summed E-state index contributed by atoms with van der Waals surface area (Å²) in [5.74, 6) is 0. The molecule has 2 aromatic rings. The van der Waals surface area contributed by atoms with Gasteiger partial charge in [0, 0.05) is 0 Å². The first-order valence-corrected chi connectivity index (χ1v) is 5.45. The Hall–Kier alpha value is -2.11. The normalized spacial score (nSPS) is 9.94. The molecular formula is C15H13NO. The predicted octanol–water partition coefficient (Wildman–Crippen LogP) is 3.03. The zero-order valence-corrected chi connectivity index (χ0v) is 9.64. The van der Waals surface area contributed by atoms with Crippen molar-refractivity contribution < 1.29 is 5.11 Å². The van der Waals surface area contributed by atoms with Crippen molar-refractivity contribution in [2.45, 2.75) is 13.5 Å². The van der Waals surface area contributed by atoms with Crippen molar-refractivity contribution in [3.63, 3.8) is 0 Å². The molecule has 84 valence electrons. The van der Waals surface area contributed by atoms with E-state index in [9.17, 15) is 0 Å². The number of hydrogen-bond donors (Lipinski definition) is 1. The molecule has 17 heavy (non-hydrogen) atoms. The number of hydrogen-bond acceptors (Lipinski definition) is 2. The average molecular weight is 223 g/mol. The number of nitrogens with zero attached hydrogens (tertiary/aromatic N) is 1. The highest BCUT2D eigenvalue weighted by Gasteiger charge is 2.05. The van der Waals surface area contributed by atoms with Crippen LogP contribution >= 0.6 is 0 Å². The van der Waals surface area contributed by atoms with E-state index in [0.29, 0.717) is 5.56 Å². The van der Waals surface area contributed by atoms with E-state index in [1.165, 1.54) is 5.56 Å². The topological polar surface area (TPSA) is 44.0 Å². The zero-order valence-electron chi connectivity index (χ0n) is 9.64. The highest BCUT2D eigenvalue weighted by Crippen LogP contribution is 2.25. The van der Waals surface area contributed by atoms with Gasteiger partial charge in [0.2, 0.25) is 0 Å². The molecule has 0 saturated carbocycles. The Morgan fingerprint density at radius 2 is 1.82 bits per heavy atom. The lowest BCUT2D eigenvalue weighted by molar-refractivity contribution is 0.282. The summed E-state index contributed by atoms with van der Waals surface area (Å²) in [4.78, 5) is 0. The quantitative estimate of drug-likeness (QED) is 0.850. The first-order valence-electron chi connectivity index (χ1n) is 5.45. The lowest BCUT2D eigenvalue weighted by atomic mass is 9.97. The van der Waals surface area contributed by atoms with Crippen molar-refractivity contribution >= 4 is 0 Å². The average Bonchev–Trinajstić information content (AvgIpc) is 2.39. The number of rotatable bonds is 2. The van der Waals surface area contributed by atoms with Gasteiger partial charge in [-0.3, -0.25) is 0 Å². The fourth-order valence-electron chi connectivity index (χ4n) is 1.76. The second kappa shape index (κ2) is 4.82. The minimum Gasteiger partial charge on any atom is -0.392 e. The molecule has 1 N–H and O–H groups in total. The van der Waals surface area contributed by atoms with Crippen molar-refractivity contribution in [1.29, 1.82) is 5.26 Å². The molecule has 2 nitrogen and oxygen atoms in total. The van der Waals surface area contributed by atoms with Crippen molar-refractivity contribution in [3.8, 4) is 17.2 Å². The molecule has 0 amide bonds. The summed E-state index contributed by atoms with van der Waals surface area (Å²) in [5.41, 5.74) is 4.51. The lowest BCUT2D eigenvalue weighted by Gasteiger charge is -2.07. The highest BCUT2D eigenvalue weighted by molar-refractivity contribution is 5.71. The minimum atomic E-state index is -0.00936. The molecule has 0 heterocycles. The van der Waals surface area contributed by atoms with Gasteiger partial charge in [0.25, 0.3) is 0 Å². The van der Waals surface area contributed by atoms with Crippen molar-refractivity contribution in [2.24, 2.45) is 0 Å². The molecule has 2 rings (SSSR count). The Kier molecular flexibility index (Phi) is 3.22. The van der Waals surface area contributed by atoms with Crippen LogP contribution in [0.2, 0.25) is 0 Å². The van der Waals surface area contributed by atoms with Gasteiger partial charge in [-0.15, -0.1) is 0 Å².